The number of aromatic carboxylic acids is 1. The summed E-state index contributed by atoms with van der Waals surface area (Å²) in [7, 11) is 2.81. The number of thiocarbonyl (C=S) groups is 1. The molecular weight excluding hydrogens is 628 g/mol. The minimum Gasteiger partial charge on any atom is -0.497 e. The van der Waals surface area contributed by atoms with Gasteiger partial charge in [0, 0.05) is 4.47 Å². The van der Waals surface area contributed by atoms with Crippen LogP contribution in [0.1, 0.15) is 28.4 Å². The summed E-state index contributed by atoms with van der Waals surface area (Å²) in [4.78, 5) is 39.9. The molecule has 10 nitrogen and oxygen atoms in total. The number of methoxy groups -OCH3 is 2. The van der Waals surface area contributed by atoms with E-state index in [-0.39, 0.29) is 29.5 Å². The predicted molar refractivity (Wildman–Crippen MR) is 163 cm³/mol. The Hall–Kier alpha value is -4.42. The highest BCUT2D eigenvalue weighted by Gasteiger charge is 2.40. The molecule has 0 aromatic heterocycles. The molecule has 0 saturated carbocycles. The van der Waals surface area contributed by atoms with Gasteiger partial charge in [-0.05, 0) is 84.9 Å². The van der Waals surface area contributed by atoms with Gasteiger partial charge in [-0.1, -0.05) is 28.1 Å². The molecule has 0 atom stereocenters. The zero-order valence-corrected chi connectivity index (χ0v) is 25.4. The first kappa shape index (κ1) is 30.5. The largest absolute Gasteiger partial charge is 0.497 e. The van der Waals surface area contributed by atoms with Crippen molar-refractivity contribution in [1.29, 1.82) is 0 Å². The van der Waals surface area contributed by atoms with Gasteiger partial charge in [0.05, 0.1) is 32.1 Å². The topological polar surface area (TPSA) is 115 Å². The van der Waals surface area contributed by atoms with Gasteiger partial charge < -0.3 is 29.0 Å². The zero-order chi connectivity index (χ0) is 30.4. The minimum atomic E-state index is -1.01. The van der Waals surface area contributed by atoms with Crippen molar-refractivity contribution < 1.29 is 38.4 Å². The smallest absolute Gasteiger partial charge is 0.335 e. The Labute approximate surface area is 256 Å². The van der Waals surface area contributed by atoms with Crippen LogP contribution in [0.4, 0.5) is 5.69 Å². The molecule has 1 aliphatic rings. The summed E-state index contributed by atoms with van der Waals surface area (Å²) in [5, 5.41) is 9.24. The Kier molecular flexibility index (Phi) is 9.81. The molecule has 0 aliphatic carbocycles. The fourth-order valence-electron chi connectivity index (χ4n) is 4.08. The molecule has 0 radical (unpaired) electrons. The van der Waals surface area contributed by atoms with Gasteiger partial charge in [-0.25, -0.2) is 4.79 Å². The number of halogens is 1. The summed E-state index contributed by atoms with van der Waals surface area (Å²) in [6.45, 7) is 2.09. The molecule has 1 aliphatic heterocycles. The molecule has 1 heterocycles. The van der Waals surface area contributed by atoms with E-state index >= 15 is 0 Å². The highest BCUT2D eigenvalue weighted by Crippen LogP contribution is 2.37. The average molecular weight is 656 g/mol. The van der Waals surface area contributed by atoms with Gasteiger partial charge in [0.1, 0.15) is 24.6 Å². The van der Waals surface area contributed by atoms with Crippen LogP contribution >= 0.6 is 28.1 Å². The molecule has 0 unspecified atom stereocenters. The maximum absolute atomic E-state index is 13.7. The summed E-state index contributed by atoms with van der Waals surface area (Å²) >= 11 is 9.19. The summed E-state index contributed by atoms with van der Waals surface area (Å²) in [6.07, 6.45) is 1.61. The summed E-state index contributed by atoms with van der Waals surface area (Å²) < 4.78 is 22.5. The van der Waals surface area contributed by atoms with E-state index in [0.717, 1.165) is 5.56 Å². The number of nitrogens with zero attached hydrogens (tertiary/aromatic N) is 2. The lowest BCUT2D eigenvalue weighted by Crippen LogP contribution is -2.35. The van der Waals surface area contributed by atoms with Crippen LogP contribution in [0.25, 0.3) is 6.08 Å². The van der Waals surface area contributed by atoms with Crippen LogP contribution < -0.4 is 19.1 Å². The van der Waals surface area contributed by atoms with Crippen molar-refractivity contribution in [2.75, 3.05) is 32.3 Å². The standard InChI is InChI=1S/C30H27BrN2O8S/c1-4-40-25-14-20(23(31)15-26(25)41-17-18-5-7-19(8-6-18)29(36)37)13-24-28(35)33(21-9-11-22(38-2)12-10-21)30(42)32(24)16-27(34)39-3/h5-15H,4,16-17H2,1-3H3,(H,36,37)/b24-13-. The number of hydrogen-bond donors (Lipinski definition) is 1. The third-order valence-corrected chi connectivity index (χ3v) is 7.32. The molecule has 0 spiro atoms. The number of carbonyl (C=O) groups excluding carboxylic acids is 2. The van der Waals surface area contributed by atoms with Crippen LogP contribution in [-0.2, 0) is 20.9 Å². The number of esters is 1. The van der Waals surface area contributed by atoms with Crippen molar-refractivity contribution in [3.63, 3.8) is 0 Å². The number of benzene rings is 3. The van der Waals surface area contributed by atoms with Crippen molar-refractivity contribution in [2.24, 2.45) is 0 Å². The first-order valence-electron chi connectivity index (χ1n) is 12.7. The van der Waals surface area contributed by atoms with Crippen LogP contribution in [0, 0.1) is 0 Å². The van der Waals surface area contributed by atoms with Gasteiger partial charge >= 0.3 is 11.9 Å². The number of rotatable bonds is 11. The maximum Gasteiger partial charge on any atom is 0.335 e. The molecule has 42 heavy (non-hydrogen) atoms. The number of carbonyl (C=O) groups is 3. The van der Waals surface area contributed by atoms with Gasteiger partial charge in [-0.15, -0.1) is 0 Å². The average Bonchev–Trinajstić information content (AvgIpc) is 3.21. The fourth-order valence-corrected chi connectivity index (χ4v) is 4.87. The zero-order valence-electron chi connectivity index (χ0n) is 23.0. The van der Waals surface area contributed by atoms with Crippen molar-refractivity contribution in [3.05, 3.63) is 87.5 Å². The molecule has 1 fully saturated rings. The van der Waals surface area contributed by atoms with Gasteiger partial charge in [-0.2, -0.15) is 0 Å². The quantitative estimate of drug-likeness (QED) is 0.166. The molecular formula is C30H27BrN2O8S. The van der Waals surface area contributed by atoms with E-state index in [4.69, 9.17) is 36.3 Å². The van der Waals surface area contributed by atoms with E-state index in [1.807, 2.05) is 6.92 Å². The van der Waals surface area contributed by atoms with Crippen LogP contribution in [0.2, 0.25) is 0 Å². The van der Waals surface area contributed by atoms with E-state index in [2.05, 4.69) is 15.9 Å². The Balaban J connectivity index is 1.68. The Morgan fingerprint density at radius 2 is 1.67 bits per heavy atom. The number of amides is 1. The molecule has 3 aromatic carbocycles. The number of anilines is 1. The van der Waals surface area contributed by atoms with Crippen molar-refractivity contribution in [1.82, 2.24) is 4.90 Å². The third-order valence-electron chi connectivity index (χ3n) is 6.23. The molecule has 1 N–H and O–H groups in total. The third kappa shape index (κ3) is 6.72. The molecule has 12 heteroatoms. The second kappa shape index (κ2) is 13.5. The molecule has 0 bridgehead atoms. The molecule has 1 amide bonds. The summed E-state index contributed by atoms with van der Waals surface area (Å²) in [6, 6.07) is 16.6. The van der Waals surface area contributed by atoms with Crippen LogP contribution in [0.5, 0.6) is 17.2 Å². The minimum absolute atomic E-state index is 0.122. The maximum atomic E-state index is 13.7. The van der Waals surface area contributed by atoms with Gasteiger partial charge in [0.25, 0.3) is 5.91 Å². The van der Waals surface area contributed by atoms with Crippen LogP contribution in [0.3, 0.4) is 0 Å². The van der Waals surface area contributed by atoms with E-state index in [1.165, 1.54) is 29.0 Å². The molecule has 1 saturated heterocycles. The van der Waals surface area contributed by atoms with E-state index in [9.17, 15) is 14.4 Å². The number of ether oxygens (including phenoxy) is 4. The van der Waals surface area contributed by atoms with Crippen molar-refractivity contribution >= 4 is 62.9 Å². The van der Waals surface area contributed by atoms with Gasteiger partial charge in [0.15, 0.2) is 16.6 Å². The fraction of sp³-hybridized carbons (Fsp3) is 0.200. The van der Waals surface area contributed by atoms with Gasteiger partial charge in [0.2, 0.25) is 0 Å². The highest BCUT2D eigenvalue weighted by atomic mass is 79.9. The summed E-state index contributed by atoms with van der Waals surface area (Å²) in [5.41, 5.74) is 2.21. The first-order valence-corrected chi connectivity index (χ1v) is 13.9. The lowest BCUT2D eigenvalue weighted by molar-refractivity contribution is -0.140. The molecule has 218 valence electrons. The Morgan fingerprint density at radius 3 is 2.26 bits per heavy atom. The summed E-state index contributed by atoms with van der Waals surface area (Å²) in [5.74, 6) is -0.521. The van der Waals surface area contributed by atoms with Crippen molar-refractivity contribution in [2.45, 2.75) is 13.5 Å². The number of carboxylic acids is 1. The lowest BCUT2D eigenvalue weighted by Gasteiger charge is -2.19. The first-order chi connectivity index (χ1) is 20.2. The number of carboxylic acid groups (broad SMARTS) is 1. The second-order valence-corrected chi connectivity index (χ2v) is 10.1. The normalized spacial score (nSPS) is 13.9. The molecule has 4 rings (SSSR count). The highest BCUT2D eigenvalue weighted by molar-refractivity contribution is 9.10. The SMILES string of the molecule is CCOc1cc(/C=C2/C(=O)N(c3ccc(OC)cc3)C(=S)N2CC(=O)OC)c(Br)cc1OCc1ccc(C(=O)O)cc1. The van der Waals surface area contributed by atoms with Crippen molar-refractivity contribution in [3.8, 4) is 17.2 Å². The second-order valence-electron chi connectivity index (χ2n) is 8.86. The monoisotopic (exact) mass is 654 g/mol. The van der Waals surface area contributed by atoms with E-state index in [0.29, 0.717) is 39.6 Å². The van der Waals surface area contributed by atoms with E-state index < -0.39 is 17.8 Å². The predicted octanol–water partition coefficient (Wildman–Crippen LogP) is 5.28. The lowest BCUT2D eigenvalue weighted by atomic mass is 10.1. The van der Waals surface area contributed by atoms with Crippen LogP contribution in [0.15, 0.2) is 70.8 Å². The Morgan fingerprint density at radius 1 is 1.00 bits per heavy atom. The number of hydrogen-bond acceptors (Lipinski definition) is 8. The van der Waals surface area contributed by atoms with Crippen LogP contribution in [-0.4, -0.2) is 60.3 Å². The molecule has 3 aromatic rings. The Bertz CT molecular complexity index is 1540. The van der Waals surface area contributed by atoms with E-state index in [1.54, 1.807) is 61.7 Å². The van der Waals surface area contributed by atoms with Gasteiger partial charge in [-0.3, -0.25) is 14.5 Å².